The van der Waals surface area contributed by atoms with E-state index in [9.17, 15) is 0 Å². The molecule has 0 aliphatic rings. The first-order valence-corrected chi connectivity index (χ1v) is 3.24. The van der Waals surface area contributed by atoms with Crippen molar-refractivity contribution in [3.8, 4) is 0 Å². The molecule has 1 atom stereocenters. The number of nitrogens with two attached hydrogens (primary N) is 1. The van der Waals surface area contributed by atoms with Crippen LogP contribution in [0.5, 0.6) is 0 Å². The fraction of sp³-hybridized carbons (Fsp3) is 1.00. The van der Waals surface area contributed by atoms with Gasteiger partial charge in [-0.05, 0) is 12.3 Å². The summed E-state index contributed by atoms with van der Waals surface area (Å²) in [6.07, 6.45) is 2.52. The fourth-order valence-corrected chi connectivity index (χ4v) is 0.796. The minimum atomic E-state index is 0.727. The van der Waals surface area contributed by atoms with Crippen molar-refractivity contribution in [2.24, 2.45) is 11.8 Å². The second kappa shape index (κ2) is 5.06. The summed E-state index contributed by atoms with van der Waals surface area (Å²) in [6, 6.07) is 0. The van der Waals surface area contributed by atoms with E-state index < -0.39 is 0 Å². The Morgan fingerprint density at radius 2 is 2.25 bits per heavy atom. The van der Waals surface area contributed by atoms with Gasteiger partial charge in [0.1, 0.15) is 0 Å². The van der Waals surface area contributed by atoms with Gasteiger partial charge in [0.15, 0.2) is 0 Å². The number of hydrogen-bond donors (Lipinski definition) is 2. The summed E-state index contributed by atoms with van der Waals surface area (Å²) in [6.45, 7) is 5.32. The van der Waals surface area contributed by atoms with Crippen molar-refractivity contribution >= 4 is 0 Å². The van der Waals surface area contributed by atoms with E-state index in [-0.39, 0.29) is 0 Å². The summed E-state index contributed by atoms with van der Waals surface area (Å²) in [5, 5.41) is 0. The lowest BCUT2D eigenvalue weighted by Crippen LogP contribution is -2.27. The molecule has 3 N–H and O–H groups in total. The number of hydrazine groups is 1. The molecule has 0 unspecified atom stereocenters. The van der Waals surface area contributed by atoms with Crippen LogP contribution in [0.1, 0.15) is 26.7 Å². The van der Waals surface area contributed by atoms with Gasteiger partial charge in [0.2, 0.25) is 0 Å². The van der Waals surface area contributed by atoms with Crippen molar-refractivity contribution in [3.05, 3.63) is 0 Å². The molecule has 0 aromatic heterocycles. The molecule has 0 aliphatic heterocycles. The van der Waals surface area contributed by atoms with Crippen LogP contribution < -0.4 is 11.3 Å². The highest BCUT2D eigenvalue weighted by Gasteiger charge is 1.95. The molecule has 0 aromatic carbocycles. The van der Waals surface area contributed by atoms with E-state index in [2.05, 4.69) is 19.3 Å². The van der Waals surface area contributed by atoms with Gasteiger partial charge in [0, 0.05) is 6.54 Å². The fourth-order valence-electron chi connectivity index (χ4n) is 0.796. The number of rotatable bonds is 4. The topological polar surface area (TPSA) is 38.0 Å². The van der Waals surface area contributed by atoms with Gasteiger partial charge >= 0.3 is 0 Å². The van der Waals surface area contributed by atoms with Crippen molar-refractivity contribution in [1.29, 1.82) is 0 Å². The summed E-state index contributed by atoms with van der Waals surface area (Å²) in [7, 11) is 0. The average molecular weight is 116 g/mol. The largest absolute Gasteiger partial charge is 0.271 e. The molecule has 2 nitrogen and oxygen atoms in total. The van der Waals surface area contributed by atoms with E-state index in [1.165, 1.54) is 12.8 Å². The monoisotopic (exact) mass is 116 g/mol. The van der Waals surface area contributed by atoms with Crippen LogP contribution in [0.4, 0.5) is 0 Å². The highest BCUT2D eigenvalue weighted by atomic mass is 15.2. The van der Waals surface area contributed by atoms with Gasteiger partial charge in [-0.25, -0.2) is 0 Å². The number of nitrogens with one attached hydrogen (secondary N) is 1. The molecule has 0 rings (SSSR count). The molecule has 0 heterocycles. The first kappa shape index (κ1) is 7.92. The molecule has 0 amide bonds. The molecule has 2 heteroatoms. The SMILES string of the molecule is CCC[C@@H](C)CNN. The maximum Gasteiger partial charge on any atom is 0.0123 e. The Balaban J connectivity index is 2.92. The zero-order valence-electron chi connectivity index (χ0n) is 5.78. The van der Waals surface area contributed by atoms with Gasteiger partial charge in [0.05, 0.1) is 0 Å². The second-order valence-corrected chi connectivity index (χ2v) is 2.30. The van der Waals surface area contributed by atoms with Crippen molar-refractivity contribution in [3.63, 3.8) is 0 Å². The van der Waals surface area contributed by atoms with Crippen LogP contribution in [0.25, 0.3) is 0 Å². The van der Waals surface area contributed by atoms with E-state index in [1.807, 2.05) is 0 Å². The van der Waals surface area contributed by atoms with Crippen molar-refractivity contribution in [2.45, 2.75) is 26.7 Å². The molecule has 0 bridgehead atoms. The zero-order chi connectivity index (χ0) is 6.41. The van der Waals surface area contributed by atoms with Crippen LogP contribution in [-0.4, -0.2) is 6.54 Å². The maximum atomic E-state index is 5.11. The molecule has 0 fully saturated rings. The van der Waals surface area contributed by atoms with Crippen molar-refractivity contribution in [2.75, 3.05) is 6.54 Å². The molecular formula is C6H16N2. The van der Waals surface area contributed by atoms with Crippen LogP contribution in [0.15, 0.2) is 0 Å². The molecule has 50 valence electrons. The van der Waals surface area contributed by atoms with Crippen molar-refractivity contribution in [1.82, 2.24) is 5.43 Å². The molecular weight excluding hydrogens is 100 g/mol. The van der Waals surface area contributed by atoms with Gasteiger partial charge in [-0.15, -0.1) is 0 Å². The van der Waals surface area contributed by atoms with Gasteiger partial charge in [-0.2, -0.15) is 0 Å². The Bertz CT molecular complexity index is 39.8. The minimum Gasteiger partial charge on any atom is -0.271 e. The first-order chi connectivity index (χ1) is 3.81. The minimum absolute atomic E-state index is 0.727. The third-order valence-electron chi connectivity index (χ3n) is 1.25. The molecule has 0 saturated carbocycles. The van der Waals surface area contributed by atoms with E-state index >= 15 is 0 Å². The maximum absolute atomic E-state index is 5.11. The molecule has 8 heavy (non-hydrogen) atoms. The van der Waals surface area contributed by atoms with Crippen LogP contribution in [0.3, 0.4) is 0 Å². The Morgan fingerprint density at radius 3 is 2.62 bits per heavy atom. The third-order valence-corrected chi connectivity index (χ3v) is 1.25. The van der Waals surface area contributed by atoms with Gasteiger partial charge < -0.3 is 0 Å². The summed E-state index contributed by atoms with van der Waals surface area (Å²) < 4.78 is 0. The van der Waals surface area contributed by atoms with Gasteiger partial charge in [-0.3, -0.25) is 11.3 Å². The third kappa shape index (κ3) is 4.09. The molecule has 0 saturated heterocycles. The Labute approximate surface area is 51.4 Å². The van der Waals surface area contributed by atoms with Gasteiger partial charge in [0.25, 0.3) is 0 Å². The van der Waals surface area contributed by atoms with E-state index in [4.69, 9.17) is 5.84 Å². The molecule has 0 radical (unpaired) electrons. The summed E-state index contributed by atoms with van der Waals surface area (Å²) in [5.41, 5.74) is 2.65. The van der Waals surface area contributed by atoms with E-state index in [0.29, 0.717) is 0 Å². The normalized spacial score (nSPS) is 13.9. The summed E-state index contributed by atoms with van der Waals surface area (Å²) in [4.78, 5) is 0. The van der Waals surface area contributed by atoms with Crippen LogP contribution in [0.2, 0.25) is 0 Å². The van der Waals surface area contributed by atoms with Crippen LogP contribution in [-0.2, 0) is 0 Å². The van der Waals surface area contributed by atoms with E-state index in [1.54, 1.807) is 0 Å². The second-order valence-electron chi connectivity index (χ2n) is 2.30. The Hall–Kier alpha value is -0.0800. The lowest BCUT2D eigenvalue weighted by atomic mass is 10.1. The summed E-state index contributed by atoms with van der Waals surface area (Å²) >= 11 is 0. The highest BCUT2D eigenvalue weighted by Crippen LogP contribution is 2.01. The Kier molecular flexibility index (Phi) is 5.01. The first-order valence-electron chi connectivity index (χ1n) is 3.24. The Morgan fingerprint density at radius 1 is 1.62 bits per heavy atom. The predicted octanol–water partition coefficient (Wildman–Crippen LogP) is 0.886. The van der Waals surface area contributed by atoms with E-state index in [0.717, 1.165) is 12.5 Å². The smallest absolute Gasteiger partial charge is 0.0123 e. The molecule has 0 spiro atoms. The highest BCUT2D eigenvalue weighted by molar-refractivity contribution is 4.51. The van der Waals surface area contributed by atoms with Crippen LogP contribution >= 0.6 is 0 Å². The van der Waals surface area contributed by atoms with Gasteiger partial charge in [-0.1, -0.05) is 20.3 Å². The predicted molar refractivity (Wildman–Crippen MR) is 36.3 cm³/mol. The standard InChI is InChI=1S/C6H16N2/c1-3-4-6(2)5-8-7/h6,8H,3-5,7H2,1-2H3/t6-/m1/s1. The van der Waals surface area contributed by atoms with Crippen molar-refractivity contribution < 1.29 is 0 Å². The lowest BCUT2D eigenvalue weighted by Gasteiger charge is -2.06. The lowest BCUT2D eigenvalue weighted by molar-refractivity contribution is 0.484. The number of hydrogen-bond acceptors (Lipinski definition) is 2. The zero-order valence-corrected chi connectivity index (χ0v) is 5.78. The van der Waals surface area contributed by atoms with Crippen LogP contribution in [0, 0.1) is 5.92 Å². The molecule has 0 aliphatic carbocycles. The summed E-state index contributed by atoms with van der Waals surface area (Å²) in [5.74, 6) is 5.84. The molecule has 0 aromatic rings. The average Bonchev–Trinajstić information content (AvgIpc) is 1.68. The quantitative estimate of drug-likeness (QED) is 0.423.